The first-order valence-electron chi connectivity index (χ1n) is 5.92. The van der Waals surface area contributed by atoms with Crippen LogP contribution in [0, 0.1) is 0 Å². The number of hydrogen-bond donors (Lipinski definition) is 1. The Morgan fingerprint density at radius 1 is 1.56 bits per heavy atom. The maximum Gasteiger partial charge on any atom is 0.227 e. The summed E-state index contributed by atoms with van der Waals surface area (Å²) < 4.78 is 5.23. The first-order valence-corrected chi connectivity index (χ1v) is 6.30. The van der Waals surface area contributed by atoms with Gasteiger partial charge in [-0.25, -0.2) is 0 Å². The highest BCUT2D eigenvalue weighted by Gasteiger charge is 2.29. The summed E-state index contributed by atoms with van der Waals surface area (Å²) in [6, 6.07) is 3.71. The Labute approximate surface area is 112 Å². The fourth-order valence-electron chi connectivity index (χ4n) is 2.38. The van der Waals surface area contributed by atoms with Gasteiger partial charge in [-0.3, -0.25) is 4.79 Å². The molecule has 1 aliphatic heterocycles. The molecule has 0 aromatic heterocycles. The molecule has 0 fully saturated rings. The summed E-state index contributed by atoms with van der Waals surface area (Å²) in [5, 5.41) is 0.518. The number of ether oxygens (including phenoxy) is 1. The SMILES string of the molecule is COc1cc2c(cc1Cl)N(C)C(=O)CC2CCN. The number of carbonyl (C=O) groups is 1. The molecule has 0 bridgehead atoms. The van der Waals surface area contributed by atoms with Gasteiger partial charge in [0.05, 0.1) is 12.1 Å². The van der Waals surface area contributed by atoms with Crippen LogP contribution in [0.15, 0.2) is 12.1 Å². The second-order valence-corrected chi connectivity index (χ2v) is 4.88. The topological polar surface area (TPSA) is 55.6 Å². The predicted octanol–water partition coefficient (Wildman–Crippen LogP) is 2.15. The first-order chi connectivity index (χ1) is 8.58. The minimum absolute atomic E-state index is 0.0992. The highest BCUT2D eigenvalue weighted by molar-refractivity contribution is 6.32. The fourth-order valence-corrected chi connectivity index (χ4v) is 2.62. The van der Waals surface area contributed by atoms with E-state index in [0.717, 1.165) is 17.7 Å². The molecule has 0 saturated heterocycles. The van der Waals surface area contributed by atoms with Crippen LogP contribution in [-0.4, -0.2) is 26.6 Å². The summed E-state index contributed by atoms with van der Waals surface area (Å²) in [4.78, 5) is 13.6. The molecule has 98 valence electrons. The van der Waals surface area contributed by atoms with Gasteiger partial charge in [0.25, 0.3) is 0 Å². The lowest BCUT2D eigenvalue weighted by Gasteiger charge is -2.32. The molecule has 1 unspecified atom stereocenters. The largest absolute Gasteiger partial charge is 0.495 e. The molecule has 4 nitrogen and oxygen atoms in total. The number of halogens is 1. The molecule has 1 aliphatic rings. The van der Waals surface area contributed by atoms with Gasteiger partial charge in [-0.2, -0.15) is 0 Å². The maximum atomic E-state index is 11.9. The van der Waals surface area contributed by atoms with E-state index in [0.29, 0.717) is 23.7 Å². The lowest BCUT2D eigenvalue weighted by Crippen LogP contribution is -2.33. The Hall–Kier alpha value is -1.26. The second-order valence-electron chi connectivity index (χ2n) is 4.48. The van der Waals surface area contributed by atoms with Crippen molar-refractivity contribution in [1.29, 1.82) is 0 Å². The molecule has 1 heterocycles. The molecule has 1 aromatic rings. The van der Waals surface area contributed by atoms with Gasteiger partial charge in [0, 0.05) is 19.2 Å². The molecule has 0 spiro atoms. The van der Waals surface area contributed by atoms with Gasteiger partial charge in [0.1, 0.15) is 5.75 Å². The average molecular weight is 269 g/mol. The van der Waals surface area contributed by atoms with Crippen LogP contribution in [0.25, 0.3) is 0 Å². The fraction of sp³-hybridized carbons (Fsp3) is 0.462. The third-order valence-electron chi connectivity index (χ3n) is 3.41. The molecular weight excluding hydrogens is 252 g/mol. The lowest BCUT2D eigenvalue weighted by molar-refractivity contribution is -0.119. The number of methoxy groups -OCH3 is 1. The average Bonchev–Trinajstić information content (AvgIpc) is 2.35. The summed E-state index contributed by atoms with van der Waals surface area (Å²) in [6.45, 7) is 0.562. The van der Waals surface area contributed by atoms with Crippen LogP contribution in [0.1, 0.15) is 24.3 Å². The van der Waals surface area contributed by atoms with Crippen LogP contribution in [0.3, 0.4) is 0 Å². The van der Waals surface area contributed by atoms with Crippen molar-refractivity contribution in [2.45, 2.75) is 18.8 Å². The molecule has 1 atom stereocenters. The minimum atomic E-state index is 0.0992. The van der Waals surface area contributed by atoms with Crippen molar-refractivity contribution in [2.75, 3.05) is 25.6 Å². The van der Waals surface area contributed by atoms with E-state index in [4.69, 9.17) is 22.1 Å². The summed E-state index contributed by atoms with van der Waals surface area (Å²) >= 11 is 6.11. The minimum Gasteiger partial charge on any atom is -0.495 e. The number of anilines is 1. The van der Waals surface area contributed by atoms with Crippen LogP contribution in [0.5, 0.6) is 5.75 Å². The Balaban J connectivity index is 2.52. The molecule has 0 aliphatic carbocycles. The van der Waals surface area contributed by atoms with Gasteiger partial charge >= 0.3 is 0 Å². The second kappa shape index (κ2) is 5.16. The Kier molecular flexibility index (Phi) is 3.78. The van der Waals surface area contributed by atoms with Crippen LogP contribution in [0.2, 0.25) is 5.02 Å². The van der Waals surface area contributed by atoms with E-state index in [2.05, 4.69) is 0 Å². The standard InChI is InChI=1S/C13H17ClN2O2/c1-16-11-7-10(14)12(18-2)6-9(11)8(3-4-15)5-13(16)17/h6-8H,3-5,15H2,1-2H3. The van der Waals surface area contributed by atoms with Crippen LogP contribution >= 0.6 is 11.6 Å². The third-order valence-corrected chi connectivity index (χ3v) is 3.71. The predicted molar refractivity (Wildman–Crippen MR) is 72.4 cm³/mol. The zero-order valence-corrected chi connectivity index (χ0v) is 11.3. The molecule has 18 heavy (non-hydrogen) atoms. The van der Waals surface area contributed by atoms with Crippen molar-refractivity contribution in [2.24, 2.45) is 5.73 Å². The van der Waals surface area contributed by atoms with Gasteiger partial charge in [-0.15, -0.1) is 0 Å². The van der Waals surface area contributed by atoms with Crippen molar-refractivity contribution < 1.29 is 9.53 Å². The number of hydrogen-bond acceptors (Lipinski definition) is 3. The van der Waals surface area contributed by atoms with Crippen molar-refractivity contribution in [3.05, 3.63) is 22.7 Å². The number of carbonyl (C=O) groups excluding carboxylic acids is 1. The van der Waals surface area contributed by atoms with E-state index in [-0.39, 0.29) is 11.8 Å². The van der Waals surface area contributed by atoms with Gasteiger partial charge in [-0.1, -0.05) is 11.6 Å². The van der Waals surface area contributed by atoms with Crippen LogP contribution in [0.4, 0.5) is 5.69 Å². The summed E-state index contributed by atoms with van der Waals surface area (Å²) in [5.74, 6) is 0.891. The van der Waals surface area contributed by atoms with Gasteiger partial charge in [0.2, 0.25) is 5.91 Å². The van der Waals surface area contributed by atoms with E-state index in [1.54, 1.807) is 25.1 Å². The van der Waals surface area contributed by atoms with Gasteiger partial charge in [0.15, 0.2) is 0 Å². The molecule has 0 saturated carbocycles. The molecule has 1 amide bonds. The van der Waals surface area contributed by atoms with Crippen LogP contribution < -0.4 is 15.4 Å². The van der Waals surface area contributed by atoms with E-state index >= 15 is 0 Å². The number of benzene rings is 1. The molecule has 1 aromatic carbocycles. The van der Waals surface area contributed by atoms with Crippen molar-refractivity contribution in [1.82, 2.24) is 0 Å². The zero-order valence-electron chi connectivity index (χ0n) is 10.6. The molecule has 2 N–H and O–H groups in total. The molecule has 2 rings (SSSR count). The number of nitrogens with two attached hydrogens (primary N) is 1. The summed E-state index contributed by atoms with van der Waals surface area (Å²) in [7, 11) is 3.35. The normalized spacial score (nSPS) is 18.8. The van der Waals surface area contributed by atoms with E-state index in [9.17, 15) is 4.79 Å². The number of nitrogens with zero attached hydrogens (tertiary/aromatic N) is 1. The quantitative estimate of drug-likeness (QED) is 0.914. The Bertz CT molecular complexity index is 476. The summed E-state index contributed by atoms with van der Waals surface area (Å²) in [6.07, 6.45) is 1.28. The number of amides is 1. The Morgan fingerprint density at radius 3 is 2.89 bits per heavy atom. The molecular formula is C13H17ClN2O2. The first kappa shape index (κ1) is 13.2. The Morgan fingerprint density at radius 2 is 2.28 bits per heavy atom. The smallest absolute Gasteiger partial charge is 0.227 e. The van der Waals surface area contributed by atoms with Crippen LogP contribution in [-0.2, 0) is 4.79 Å². The molecule has 5 heteroatoms. The summed E-state index contributed by atoms with van der Waals surface area (Å²) in [5.41, 5.74) is 7.56. The van der Waals surface area contributed by atoms with Gasteiger partial charge in [-0.05, 0) is 36.6 Å². The van der Waals surface area contributed by atoms with E-state index in [1.807, 2.05) is 6.07 Å². The van der Waals surface area contributed by atoms with Crippen molar-refractivity contribution in [3.63, 3.8) is 0 Å². The number of fused-ring (bicyclic) bond motifs is 1. The highest BCUT2D eigenvalue weighted by atomic mass is 35.5. The monoisotopic (exact) mass is 268 g/mol. The maximum absolute atomic E-state index is 11.9. The van der Waals surface area contributed by atoms with Gasteiger partial charge < -0.3 is 15.4 Å². The molecule has 0 radical (unpaired) electrons. The zero-order chi connectivity index (χ0) is 13.3. The van der Waals surface area contributed by atoms with Crippen molar-refractivity contribution in [3.8, 4) is 5.75 Å². The van der Waals surface area contributed by atoms with Crippen molar-refractivity contribution >= 4 is 23.2 Å². The van der Waals surface area contributed by atoms with E-state index in [1.165, 1.54) is 0 Å². The number of rotatable bonds is 3. The third kappa shape index (κ3) is 2.18. The lowest BCUT2D eigenvalue weighted by atomic mass is 9.87. The van der Waals surface area contributed by atoms with E-state index < -0.39 is 0 Å². The highest BCUT2D eigenvalue weighted by Crippen LogP contribution is 2.42.